The highest BCUT2D eigenvalue weighted by Crippen LogP contribution is 2.46. The normalized spacial score (nSPS) is 18.6. The number of aromatic amines is 2. The number of rotatable bonds is 5. The highest BCUT2D eigenvalue weighted by molar-refractivity contribution is 5.88. The molecule has 2 atom stereocenters. The summed E-state index contributed by atoms with van der Waals surface area (Å²) in [5.41, 5.74) is 4.87. The van der Waals surface area contributed by atoms with Gasteiger partial charge in [-0.2, -0.15) is 5.10 Å². The number of hydrogen-bond acceptors (Lipinski definition) is 5. The van der Waals surface area contributed by atoms with Crippen LogP contribution < -0.4 is 5.32 Å². The van der Waals surface area contributed by atoms with Gasteiger partial charge in [0.15, 0.2) is 0 Å². The van der Waals surface area contributed by atoms with Gasteiger partial charge in [0.2, 0.25) is 0 Å². The molecule has 0 saturated heterocycles. The van der Waals surface area contributed by atoms with Crippen LogP contribution in [0.5, 0.6) is 0 Å². The minimum atomic E-state index is -1.07. The lowest BCUT2D eigenvalue weighted by Crippen LogP contribution is -2.51. The van der Waals surface area contributed by atoms with Crippen LogP contribution in [0.4, 0.5) is 4.39 Å². The van der Waals surface area contributed by atoms with Crippen LogP contribution in [0, 0.1) is 5.82 Å². The van der Waals surface area contributed by atoms with Crippen LogP contribution in [-0.2, 0) is 19.0 Å². The summed E-state index contributed by atoms with van der Waals surface area (Å²) in [6, 6.07) is 17.1. The van der Waals surface area contributed by atoms with Gasteiger partial charge in [0.05, 0.1) is 41.1 Å². The molecule has 0 bridgehead atoms. The van der Waals surface area contributed by atoms with E-state index in [0.29, 0.717) is 17.9 Å². The van der Waals surface area contributed by atoms with Crippen LogP contribution in [0.25, 0.3) is 22.2 Å². The summed E-state index contributed by atoms with van der Waals surface area (Å²) >= 11 is 0. The number of fused-ring (bicyclic) bond motifs is 3. The Morgan fingerprint density at radius 2 is 1.90 bits per heavy atom. The molecule has 10 heteroatoms. The average Bonchev–Trinajstić information content (AvgIpc) is 3.72. The van der Waals surface area contributed by atoms with Gasteiger partial charge < -0.3 is 15.1 Å². The Bertz CT molecular complexity index is 1890. The van der Waals surface area contributed by atoms with Gasteiger partial charge in [-0.15, -0.1) is 0 Å². The van der Waals surface area contributed by atoms with Crippen molar-refractivity contribution in [3.05, 3.63) is 125 Å². The number of H-pyrrole nitrogens is 2. The Balaban J connectivity index is 1.46. The van der Waals surface area contributed by atoms with Crippen molar-refractivity contribution >= 4 is 16.9 Å². The van der Waals surface area contributed by atoms with E-state index in [1.165, 1.54) is 24.4 Å². The predicted molar refractivity (Wildman–Crippen MR) is 146 cm³/mol. The first-order valence-corrected chi connectivity index (χ1v) is 12.8. The summed E-state index contributed by atoms with van der Waals surface area (Å²) in [6.07, 6.45) is 7.54. The minimum Gasteiger partial charge on any atom is -0.478 e. The quantitative estimate of drug-likeness (QED) is 0.255. The third-order valence-corrected chi connectivity index (χ3v) is 7.60. The van der Waals surface area contributed by atoms with Crippen LogP contribution in [0.3, 0.4) is 0 Å². The van der Waals surface area contributed by atoms with Crippen molar-refractivity contribution in [3.8, 4) is 11.3 Å². The van der Waals surface area contributed by atoms with Crippen LogP contribution in [0.1, 0.15) is 44.7 Å². The SMILES string of the molecule is Cn1cc([C@]2(c3cc(C(=O)O)ccn3)N[C@@H](c3ncc(-c4ccc(F)cc4)[nH]3)Cc3c2[nH]c2ccccc32)cn1. The molecule has 5 heterocycles. The fraction of sp³-hybridized carbons (Fsp3) is 0.133. The first kappa shape index (κ1) is 24.0. The van der Waals surface area contributed by atoms with E-state index in [9.17, 15) is 14.3 Å². The molecule has 0 radical (unpaired) electrons. The zero-order valence-corrected chi connectivity index (χ0v) is 21.4. The molecule has 4 N–H and O–H groups in total. The lowest BCUT2D eigenvalue weighted by Gasteiger charge is -2.41. The maximum absolute atomic E-state index is 13.5. The number of carboxylic acid groups (broad SMARTS) is 1. The highest BCUT2D eigenvalue weighted by Gasteiger charge is 2.48. The Morgan fingerprint density at radius 1 is 1.07 bits per heavy atom. The summed E-state index contributed by atoms with van der Waals surface area (Å²) in [4.78, 5) is 28.5. The van der Waals surface area contributed by atoms with Crippen LogP contribution >= 0.6 is 0 Å². The molecule has 1 aliphatic rings. The van der Waals surface area contributed by atoms with E-state index < -0.39 is 11.5 Å². The number of aromatic carboxylic acids is 1. The van der Waals surface area contributed by atoms with E-state index in [1.54, 1.807) is 35.3 Å². The number of pyridine rings is 1. The van der Waals surface area contributed by atoms with Crippen LogP contribution in [0.15, 0.2) is 85.5 Å². The molecule has 0 aliphatic carbocycles. The second kappa shape index (κ2) is 8.99. The lowest BCUT2D eigenvalue weighted by atomic mass is 9.77. The third kappa shape index (κ3) is 3.72. The van der Waals surface area contributed by atoms with Gasteiger partial charge in [-0.25, -0.2) is 14.2 Å². The molecular formula is C30H24FN7O2. The van der Waals surface area contributed by atoms with Gasteiger partial charge in [-0.3, -0.25) is 15.0 Å². The molecule has 0 amide bonds. The molecule has 9 nitrogen and oxygen atoms in total. The summed E-state index contributed by atoms with van der Waals surface area (Å²) in [6.45, 7) is 0. The fourth-order valence-corrected chi connectivity index (χ4v) is 5.74. The number of hydrogen-bond donors (Lipinski definition) is 4. The molecule has 6 aromatic rings. The van der Waals surface area contributed by atoms with Crippen molar-refractivity contribution in [2.45, 2.75) is 18.0 Å². The van der Waals surface area contributed by atoms with E-state index in [4.69, 9.17) is 9.97 Å². The smallest absolute Gasteiger partial charge is 0.335 e. The van der Waals surface area contributed by atoms with Gasteiger partial charge in [-0.05, 0) is 60.0 Å². The van der Waals surface area contributed by atoms with Crippen molar-refractivity contribution in [1.82, 2.24) is 35.0 Å². The van der Waals surface area contributed by atoms with Gasteiger partial charge in [0.25, 0.3) is 0 Å². The van der Waals surface area contributed by atoms with Crippen molar-refractivity contribution < 1.29 is 14.3 Å². The van der Waals surface area contributed by atoms with Gasteiger partial charge in [0.1, 0.15) is 17.2 Å². The van der Waals surface area contributed by atoms with Crippen LogP contribution in [0.2, 0.25) is 0 Å². The first-order valence-electron chi connectivity index (χ1n) is 12.8. The van der Waals surface area contributed by atoms with Crippen molar-refractivity contribution in [3.63, 3.8) is 0 Å². The largest absolute Gasteiger partial charge is 0.478 e. The van der Waals surface area contributed by atoms with Gasteiger partial charge in [0, 0.05) is 35.9 Å². The van der Waals surface area contributed by atoms with Crippen LogP contribution in [-0.4, -0.2) is 40.8 Å². The first-order chi connectivity index (χ1) is 19.4. The summed E-state index contributed by atoms with van der Waals surface area (Å²) in [5, 5.41) is 19.1. The molecule has 7 rings (SSSR count). The summed E-state index contributed by atoms with van der Waals surface area (Å²) < 4.78 is 15.2. The molecular weight excluding hydrogens is 509 g/mol. The zero-order valence-electron chi connectivity index (χ0n) is 21.4. The van der Waals surface area contributed by atoms with Crippen molar-refractivity contribution in [2.75, 3.05) is 0 Å². The molecule has 1 aliphatic heterocycles. The monoisotopic (exact) mass is 533 g/mol. The number of imidazole rings is 1. The lowest BCUT2D eigenvalue weighted by molar-refractivity contribution is 0.0696. The molecule has 4 aromatic heterocycles. The molecule has 198 valence electrons. The Labute approximate surface area is 227 Å². The zero-order chi connectivity index (χ0) is 27.4. The molecule has 0 unspecified atom stereocenters. The van der Waals surface area contributed by atoms with Crippen molar-refractivity contribution in [1.29, 1.82) is 0 Å². The second-order valence-corrected chi connectivity index (χ2v) is 10.0. The molecule has 0 saturated carbocycles. The summed E-state index contributed by atoms with van der Waals surface area (Å²) in [5.74, 6) is -0.649. The Kier molecular flexibility index (Phi) is 5.39. The highest BCUT2D eigenvalue weighted by atomic mass is 19.1. The molecule has 2 aromatic carbocycles. The second-order valence-electron chi connectivity index (χ2n) is 10.0. The van der Waals surface area contributed by atoms with E-state index in [1.807, 2.05) is 31.4 Å². The Morgan fingerprint density at radius 3 is 2.67 bits per heavy atom. The average molecular weight is 534 g/mol. The predicted octanol–water partition coefficient (Wildman–Crippen LogP) is 4.70. The van der Waals surface area contributed by atoms with E-state index in [0.717, 1.165) is 39.0 Å². The standard InChI is InChI=1S/C30H24FN7O2/c1-38-16-19(14-34-38)30(26-12-18(29(39)40)10-11-32-26)27-22(21-4-2-3-5-23(21)35-27)13-24(37-30)28-33-15-25(36-28)17-6-8-20(31)9-7-17/h2-12,14-16,24,35,37H,13H2,1H3,(H,33,36)(H,39,40)/t24-,30-/m1/s1. The summed E-state index contributed by atoms with van der Waals surface area (Å²) in [7, 11) is 1.84. The maximum atomic E-state index is 13.5. The number of nitrogens with zero attached hydrogens (tertiary/aromatic N) is 4. The number of nitrogens with one attached hydrogen (secondary N) is 3. The van der Waals surface area contributed by atoms with E-state index in [2.05, 4.69) is 26.4 Å². The van der Waals surface area contributed by atoms with Crippen molar-refractivity contribution in [2.24, 2.45) is 7.05 Å². The number of aryl methyl sites for hydroxylation is 1. The number of aromatic nitrogens is 6. The van der Waals surface area contributed by atoms with Gasteiger partial charge >= 0.3 is 5.97 Å². The molecule has 40 heavy (non-hydrogen) atoms. The topological polar surface area (TPSA) is 125 Å². The van der Waals surface area contributed by atoms with Gasteiger partial charge in [-0.1, -0.05) is 18.2 Å². The Hall–Kier alpha value is -5.09. The number of para-hydroxylation sites is 1. The minimum absolute atomic E-state index is 0.131. The number of carboxylic acids is 1. The maximum Gasteiger partial charge on any atom is 0.335 e. The number of carbonyl (C=O) groups is 1. The number of halogens is 1. The fourth-order valence-electron chi connectivity index (χ4n) is 5.74. The molecule has 0 fully saturated rings. The van der Waals surface area contributed by atoms with E-state index in [-0.39, 0.29) is 17.4 Å². The third-order valence-electron chi connectivity index (χ3n) is 7.60. The molecule has 0 spiro atoms. The van der Waals surface area contributed by atoms with E-state index >= 15 is 0 Å². The number of benzene rings is 2.